The van der Waals surface area contributed by atoms with Crippen molar-refractivity contribution in [2.75, 3.05) is 13.2 Å². The van der Waals surface area contributed by atoms with Gasteiger partial charge in [0.2, 0.25) is 5.91 Å². The third kappa shape index (κ3) is 33.1. The lowest BCUT2D eigenvalue weighted by Gasteiger charge is -2.42. The summed E-state index contributed by atoms with van der Waals surface area (Å²) in [5.74, 6) is -2.22. The van der Waals surface area contributed by atoms with Crippen molar-refractivity contribution < 1.29 is 53.9 Å². The monoisotopic (exact) mass is 961 g/mol. The number of carbonyl (C=O) groups is 3. The minimum absolute atomic E-state index is 0.207. The van der Waals surface area contributed by atoms with Crippen molar-refractivity contribution in [3.8, 4) is 0 Å². The topological polar surface area (TPSA) is 178 Å². The Labute approximate surface area is 405 Å². The summed E-state index contributed by atoms with van der Waals surface area (Å²) < 4.78 is 43.4. The lowest BCUT2D eigenvalue weighted by atomic mass is 9.93. The number of carbonyl (C=O) groups excluding carboxylic acids is 3. The minimum atomic E-state index is -5.25. The number of unbranched alkanes of at least 4 members (excludes halogenated alkanes) is 28. The molecule has 12 nitrogen and oxygen atoms in total. The number of aliphatic hydroxyl groups excluding tert-OH is 1. The van der Waals surface area contributed by atoms with Crippen molar-refractivity contribution in [2.45, 2.75) is 297 Å². The molecule has 0 radical (unpaired) electrons. The van der Waals surface area contributed by atoms with Gasteiger partial charge in [-0.05, 0) is 40.0 Å². The van der Waals surface area contributed by atoms with Crippen LogP contribution in [0.2, 0.25) is 0 Å². The Balaban J connectivity index is 3.15. The summed E-state index contributed by atoms with van der Waals surface area (Å²) in [6.45, 7) is 8.81. The molecule has 390 valence electrons. The van der Waals surface area contributed by atoms with Crippen LogP contribution in [0.4, 0.5) is 0 Å². The fourth-order valence-electron chi connectivity index (χ4n) is 8.91. The van der Waals surface area contributed by atoms with Gasteiger partial charge in [0.15, 0.2) is 6.10 Å². The number of ether oxygens (including phenoxy) is 3. The van der Waals surface area contributed by atoms with E-state index in [1.807, 2.05) is 0 Å². The van der Waals surface area contributed by atoms with Crippen molar-refractivity contribution in [3.63, 3.8) is 0 Å². The molecule has 0 spiro atoms. The van der Waals surface area contributed by atoms with Crippen LogP contribution in [0, 0.1) is 11.3 Å². The van der Waals surface area contributed by atoms with Crippen molar-refractivity contribution in [2.24, 2.45) is 11.3 Å². The normalized spacial score (nSPS) is 19.0. The van der Waals surface area contributed by atoms with E-state index in [0.717, 1.165) is 77.0 Å². The minimum Gasteiger partial charge on any atom is -0.462 e. The molecule has 1 rings (SSSR count). The average Bonchev–Trinajstić information content (AvgIpc) is 3.28. The second kappa shape index (κ2) is 39.2. The molecule has 0 saturated carbocycles. The lowest BCUT2D eigenvalue weighted by molar-refractivity contribution is -0.197. The fraction of sp³-hybridized carbons (Fsp3) is 0.943. The highest BCUT2D eigenvalue weighted by molar-refractivity contribution is 7.46. The molecule has 0 aliphatic carbocycles. The summed E-state index contributed by atoms with van der Waals surface area (Å²) in [6.07, 6.45) is 32.4. The number of hydrogen-bond acceptors (Lipinski definition) is 9. The maximum Gasteiger partial charge on any atom is 0.470 e. The van der Waals surface area contributed by atoms with Crippen molar-refractivity contribution in [3.05, 3.63) is 0 Å². The number of nitrogens with one attached hydrogen (secondary N) is 1. The summed E-state index contributed by atoms with van der Waals surface area (Å²) in [4.78, 5) is 61.1. The molecular weight excluding hydrogens is 858 g/mol. The van der Waals surface area contributed by atoms with E-state index in [0.29, 0.717) is 19.3 Å². The molecule has 1 fully saturated rings. The first-order chi connectivity index (χ1) is 32.2. The van der Waals surface area contributed by atoms with Gasteiger partial charge in [-0.2, -0.15) is 0 Å². The van der Waals surface area contributed by atoms with E-state index in [1.165, 1.54) is 122 Å². The molecule has 6 atom stereocenters. The Morgan fingerprint density at radius 3 is 1.44 bits per heavy atom. The SMILES string of the molecule is [2H]CC(C)(C)C(=O)OC[C@H]1OC[C@H](NC(=O)C[C@H](O)CCCCCCCCCCC)[C@@H](OC(=O)C(CCCCCCCCCCCC)CCCCCCCCCCCCCC)[C@@H]1OP(=O)(O)O. The van der Waals surface area contributed by atoms with Crippen LogP contribution in [0.5, 0.6) is 0 Å². The van der Waals surface area contributed by atoms with Crippen LogP contribution in [0.15, 0.2) is 0 Å². The molecule has 1 saturated heterocycles. The van der Waals surface area contributed by atoms with E-state index in [9.17, 15) is 33.8 Å². The summed E-state index contributed by atoms with van der Waals surface area (Å²) in [6, 6.07) is -1.07. The number of phosphoric acid groups is 1. The van der Waals surface area contributed by atoms with Crippen LogP contribution in [0.3, 0.4) is 0 Å². The Morgan fingerprint density at radius 1 is 0.652 bits per heavy atom. The maximum absolute atomic E-state index is 14.4. The number of esters is 2. The van der Waals surface area contributed by atoms with E-state index < -0.39 is 74.1 Å². The number of hydrogen-bond donors (Lipinski definition) is 4. The summed E-state index contributed by atoms with van der Waals surface area (Å²) in [5, 5.41) is 13.7. The zero-order chi connectivity index (χ0) is 49.6. The first kappa shape index (κ1) is 60.6. The van der Waals surface area contributed by atoms with Gasteiger partial charge in [0.1, 0.15) is 18.8 Å². The first-order valence-corrected chi connectivity index (χ1v) is 28.7. The van der Waals surface area contributed by atoms with Gasteiger partial charge in [-0.3, -0.25) is 18.9 Å². The van der Waals surface area contributed by atoms with Crippen LogP contribution in [0.25, 0.3) is 0 Å². The number of aliphatic hydroxyl groups is 1. The Hall–Kier alpha value is -1.56. The van der Waals surface area contributed by atoms with Crippen molar-refractivity contribution in [1.82, 2.24) is 5.32 Å². The zero-order valence-corrected chi connectivity index (χ0v) is 43.8. The van der Waals surface area contributed by atoms with Crippen molar-refractivity contribution in [1.29, 1.82) is 0 Å². The molecule has 1 amide bonds. The van der Waals surface area contributed by atoms with Crippen LogP contribution >= 0.6 is 7.82 Å². The van der Waals surface area contributed by atoms with E-state index in [4.69, 9.17) is 20.1 Å². The van der Waals surface area contributed by atoms with E-state index in [1.54, 1.807) is 13.8 Å². The van der Waals surface area contributed by atoms with Gasteiger partial charge in [-0.15, -0.1) is 0 Å². The predicted octanol–water partition coefficient (Wildman–Crippen LogP) is 13.5. The fourth-order valence-corrected chi connectivity index (χ4v) is 9.48. The number of phosphoric ester groups is 1. The lowest BCUT2D eigenvalue weighted by Crippen LogP contribution is -2.62. The van der Waals surface area contributed by atoms with Gasteiger partial charge in [0, 0.05) is 1.37 Å². The second-order valence-corrected chi connectivity index (χ2v) is 21.5. The summed E-state index contributed by atoms with van der Waals surface area (Å²) in [7, 11) is -5.25. The molecular formula is C53H102NO11P. The largest absolute Gasteiger partial charge is 0.470 e. The second-order valence-electron chi connectivity index (χ2n) is 20.3. The molecule has 0 aromatic rings. The smallest absolute Gasteiger partial charge is 0.462 e. The van der Waals surface area contributed by atoms with E-state index in [2.05, 4.69) is 26.1 Å². The first-order valence-electron chi connectivity index (χ1n) is 27.9. The average molecular weight is 961 g/mol. The molecule has 1 heterocycles. The molecule has 0 aromatic carbocycles. The van der Waals surface area contributed by atoms with Crippen LogP contribution in [0.1, 0.15) is 268 Å². The zero-order valence-electron chi connectivity index (χ0n) is 43.9. The summed E-state index contributed by atoms with van der Waals surface area (Å²) >= 11 is 0. The van der Waals surface area contributed by atoms with Crippen molar-refractivity contribution >= 4 is 25.7 Å². The molecule has 0 bridgehead atoms. The molecule has 1 unspecified atom stereocenters. The van der Waals surface area contributed by atoms with Crippen LogP contribution in [-0.4, -0.2) is 76.4 Å². The third-order valence-electron chi connectivity index (χ3n) is 13.1. The van der Waals surface area contributed by atoms with Gasteiger partial charge in [-0.1, -0.05) is 220 Å². The summed E-state index contributed by atoms with van der Waals surface area (Å²) in [5.41, 5.74) is -1.15. The Morgan fingerprint density at radius 2 is 1.05 bits per heavy atom. The molecule has 66 heavy (non-hydrogen) atoms. The van der Waals surface area contributed by atoms with Gasteiger partial charge >= 0.3 is 19.8 Å². The number of amides is 1. The van der Waals surface area contributed by atoms with Gasteiger partial charge in [0.05, 0.1) is 36.5 Å². The Kier molecular flexibility index (Phi) is 36.0. The predicted molar refractivity (Wildman–Crippen MR) is 267 cm³/mol. The quantitative estimate of drug-likeness (QED) is 0.0260. The Bertz CT molecular complexity index is 1290. The van der Waals surface area contributed by atoms with Crippen LogP contribution < -0.4 is 5.32 Å². The van der Waals surface area contributed by atoms with Gasteiger partial charge in [0.25, 0.3) is 0 Å². The van der Waals surface area contributed by atoms with Crippen LogP contribution in [-0.2, 0) is 37.7 Å². The van der Waals surface area contributed by atoms with E-state index in [-0.39, 0.29) is 19.9 Å². The number of rotatable bonds is 43. The maximum atomic E-state index is 14.4. The molecule has 1 aliphatic heterocycles. The standard InChI is InChI=1S/C53H102NO11P/c1-7-10-13-16-19-22-24-25-28-30-33-36-39-44(38-35-32-29-27-23-20-17-14-11-8-2)51(57)64-49-46(54-48(56)41-45(55)40-37-34-31-26-21-18-15-12-9-3)42-62-47(50(49)65-66(59,60)61)43-63-52(58)53(4,5)6/h44-47,49-50,55H,7-43H2,1-6H3,(H,54,56)(H2,59,60,61)/t44?,45-,46+,47-,49-,50-/m1/s1/i4D. The third-order valence-corrected chi connectivity index (χ3v) is 13.6. The highest BCUT2D eigenvalue weighted by Crippen LogP contribution is 2.42. The molecule has 1 aliphatic rings. The molecule has 4 N–H and O–H groups in total. The van der Waals surface area contributed by atoms with E-state index >= 15 is 0 Å². The van der Waals surface area contributed by atoms with Gasteiger partial charge in [-0.25, -0.2) is 4.57 Å². The molecule has 13 heteroatoms. The molecule has 0 aromatic heterocycles. The highest BCUT2D eigenvalue weighted by atomic mass is 31.2. The van der Waals surface area contributed by atoms with Gasteiger partial charge < -0.3 is 34.4 Å². The highest BCUT2D eigenvalue weighted by Gasteiger charge is 2.48.